The van der Waals surface area contributed by atoms with Crippen LogP contribution in [-0.4, -0.2) is 30.4 Å². The number of benzene rings is 1. The van der Waals surface area contributed by atoms with Crippen LogP contribution < -0.4 is 5.32 Å². The minimum atomic E-state index is -0.491. The molecule has 1 aromatic heterocycles. The Labute approximate surface area is 144 Å². The van der Waals surface area contributed by atoms with E-state index in [1.54, 1.807) is 25.6 Å². The smallest absolute Gasteiger partial charge is 0.307 e. The Morgan fingerprint density at radius 2 is 1.96 bits per heavy atom. The van der Waals surface area contributed by atoms with E-state index in [0.717, 1.165) is 10.5 Å². The molecule has 6 nitrogen and oxygen atoms in total. The molecule has 1 amide bonds. The first-order valence-corrected chi connectivity index (χ1v) is 8.63. The summed E-state index contributed by atoms with van der Waals surface area (Å²) in [6.45, 7) is 3.38. The van der Waals surface area contributed by atoms with Gasteiger partial charge in [0.05, 0.1) is 25.3 Å². The molecule has 1 heterocycles. The van der Waals surface area contributed by atoms with Gasteiger partial charge in [0.1, 0.15) is 11.3 Å². The van der Waals surface area contributed by atoms with Crippen molar-refractivity contribution >= 4 is 23.6 Å². The van der Waals surface area contributed by atoms with Crippen LogP contribution in [0.2, 0.25) is 0 Å². The summed E-state index contributed by atoms with van der Waals surface area (Å²) >= 11 is 1.62. The van der Waals surface area contributed by atoms with Gasteiger partial charge in [-0.05, 0) is 37.8 Å². The highest BCUT2D eigenvalue weighted by Crippen LogP contribution is 2.23. The number of thioether (sulfide) groups is 1. The summed E-state index contributed by atoms with van der Waals surface area (Å²) in [5, 5.41) is 6.66. The van der Waals surface area contributed by atoms with Crippen molar-refractivity contribution in [2.75, 3.05) is 13.4 Å². The van der Waals surface area contributed by atoms with Gasteiger partial charge < -0.3 is 14.6 Å². The van der Waals surface area contributed by atoms with Gasteiger partial charge in [0.15, 0.2) is 0 Å². The molecule has 0 fully saturated rings. The minimum absolute atomic E-state index is 0.0459. The molecule has 0 saturated heterocycles. The Morgan fingerprint density at radius 3 is 2.46 bits per heavy atom. The Balaban J connectivity index is 2.25. The van der Waals surface area contributed by atoms with Crippen molar-refractivity contribution in [3.8, 4) is 0 Å². The van der Waals surface area contributed by atoms with E-state index in [-0.39, 0.29) is 12.3 Å². The molecule has 0 saturated carbocycles. The van der Waals surface area contributed by atoms with Crippen LogP contribution in [0.25, 0.3) is 0 Å². The summed E-state index contributed by atoms with van der Waals surface area (Å²) in [5.74, 6) is -0.276. The van der Waals surface area contributed by atoms with E-state index in [1.807, 2.05) is 30.5 Å². The standard InChI is InChI=1S/C17H20N2O4S/c1-10-16(11(2)23-19-10)17(21)18-14(9-15(20)22-3)12-5-7-13(24-4)8-6-12/h5-8,14H,9H2,1-4H3,(H,18,21)/t14-/m0/s1. The second-order valence-electron chi connectivity index (χ2n) is 5.28. The monoisotopic (exact) mass is 348 g/mol. The quantitative estimate of drug-likeness (QED) is 0.638. The molecule has 1 N–H and O–H groups in total. The molecule has 0 aliphatic carbocycles. The van der Waals surface area contributed by atoms with Crippen molar-refractivity contribution in [3.63, 3.8) is 0 Å². The molecule has 7 heteroatoms. The van der Waals surface area contributed by atoms with Crippen LogP contribution in [0.4, 0.5) is 0 Å². The number of methoxy groups -OCH3 is 1. The van der Waals surface area contributed by atoms with E-state index in [2.05, 4.69) is 10.5 Å². The fourth-order valence-electron chi connectivity index (χ4n) is 2.38. The summed E-state index contributed by atoms with van der Waals surface area (Å²) in [6, 6.07) is 7.20. The molecule has 0 radical (unpaired) electrons. The predicted octanol–water partition coefficient (Wildman–Crippen LogP) is 3.05. The molecule has 128 valence electrons. The number of amides is 1. The van der Waals surface area contributed by atoms with Crippen molar-refractivity contribution in [1.29, 1.82) is 0 Å². The third-order valence-corrected chi connectivity index (χ3v) is 4.43. The lowest BCUT2D eigenvalue weighted by atomic mass is 10.0. The molecular formula is C17H20N2O4S. The highest BCUT2D eigenvalue weighted by Gasteiger charge is 2.23. The number of rotatable bonds is 6. The number of aromatic nitrogens is 1. The number of nitrogens with zero attached hydrogens (tertiary/aromatic N) is 1. The Hall–Kier alpha value is -2.28. The van der Waals surface area contributed by atoms with Gasteiger partial charge in [0, 0.05) is 4.90 Å². The SMILES string of the molecule is COC(=O)C[C@H](NC(=O)c1c(C)noc1C)c1ccc(SC)cc1. The zero-order chi connectivity index (χ0) is 17.7. The van der Waals surface area contributed by atoms with Crippen LogP contribution in [0, 0.1) is 13.8 Å². The average molecular weight is 348 g/mol. The number of esters is 1. The van der Waals surface area contributed by atoms with Gasteiger partial charge in [-0.2, -0.15) is 0 Å². The van der Waals surface area contributed by atoms with Gasteiger partial charge in [-0.15, -0.1) is 11.8 Å². The number of ether oxygens (including phenoxy) is 1. The fraction of sp³-hybridized carbons (Fsp3) is 0.353. The topological polar surface area (TPSA) is 81.4 Å². The van der Waals surface area contributed by atoms with E-state index in [4.69, 9.17) is 9.26 Å². The highest BCUT2D eigenvalue weighted by atomic mass is 32.2. The second-order valence-corrected chi connectivity index (χ2v) is 6.16. The summed E-state index contributed by atoms with van der Waals surface area (Å²) in [4.78, 5) is 25.4. The molecule has 0 bridgehead atoms. The molecular weight excluding hydrogens is 328 g/mol. The van der Waals surface area contributed by atoms with Crippen LogP contribution in [0.1, 0.15) is 39.8 Å². The van der Waals surface area contributed by atoms with Crippen molar-refractivity contribution in [3.05, 3.63) is 46.8 Å². The van der Waals surface area contributed by atoms with Crippen LogP contribution in [0.3, 0.4) is 0 Å². The van der Waals surface area contributed by atoms with Gasteiger partial charge in [-0.3, -0.25) is 9.59 Å². The van der Waals surface area contributed by atoms with Gasteiger partial charge in [-0.1, -0.05) is 17.3 Å². The summed E-state index contributed by atoms with van der Waals surface area (Å²) in [6.07, 6.45) is 2.03. The number of hydrogen-bond acceptors (Lipinski definition) is 6. The zero-order valence-electron chi connectivity index (χ0n) is 14.1. The summed E-state index contributed by atoms with van der Waals surface area (Å²) in [5.41, 5.74) is 1.74. The largest absolute Gasteiger partial charge is 0.469 e. The van der Waals surface area contributed by atoms with Crippen molar-refractivity contribution in [1.82, 2.24) is 10.5 Å². The lowest BCUT2D eigenvalue weighted by Gasteiger charge is -2.18. The van der Waals surface area contributed by atoms with E-state index >= 15 is 0 Å². The van der Waals surface area contributed by atoms with E-state index in [1.165, 1.54) is 7.11 Å². The fourth-order valence-corrected chi connectivity index (χ4v) is 2.78. The molecule has 0 spiro atoms. The molecule has 1 aromatic carbocycles. The third-order valence-electron chi connectivity index (χ3n) is 3.68. The van der Waals surface area contributed by atoms with E-state index < -0.39 is 12.0 Å². The van der Waals surface area contributed by atoms with Gasteiger partial charge in [0.25, 0.3) is 5.91 Å². The number of carbonyl (C=O) groups is 2. The lowest BCUT2D eigenvalue weighted by molar-refractivity contribution is -0.141. The van der Waals surface area contributed by atoms with Crippen molar-refractivity contribution in [2.45, 2.75) is 31.2 Å². The summed E-state index contributed by atoms with van der Waals surface area (Å²) in [7, 11) is 1.33. The first kappa shape index (κ1) is 18.1. The van der Waals surface area contributed by atoms with Gasteiger partial charge >= 0.3 is 5.97 Å². The number of hydrogen-bond donors (Lipinski definition) is 1. The highest BCUT2D eigenvalue weighted by molar-refractivity contribution is 7.98. The van der Waals surface area contributed by atoms with Gasteiger partial charge in [-0.25, -0.2) is 0 Å². The van der Waals surface area contributed by atoms with E-state index in [9.17, 15) is 9.59 Å². The number of nitrogens with one attached hydrogen (secondary N) is 1. The maximum absolute atomic E-state index is 12.6. The normalized spacial score (nSPS) is 11.8. The van der Waals surface area contributed by atoms with Gasteiger partial charge in [0.2, 0.25) is 0 Å². The second kappa shape index (κ2) is 8.01. The van der Waals surface area contributed by atoms with Crippen LogP contribution in [-0.2, 0) is 9.53 Å². The van der Waals surface area contributed by atoms with Crippen LogP contribution >= 0.6 is 11.8 Å². The molecule has 0 aliphatic heterocycles. The first-order valence-electron chi connectivity index (χ1n) is 7.40. The van der Waals surface area contributed by atoms with Crippen LogP contribution in [0.5, 0.6) is 0 Å². The van der Waals surface area contributed by atoms with Crippen molar-refractivity contribution in [2.24, 2.45) is 0 Å². The molecule has 2 rings (SSSR count). The van der Waals surface area contributed by atoms with Crippen LogP contribution in [0.15, 0.2) is 33.7 Å². The molecule has 2 aromatic rings. The first-order chi connectivity index (χ1) is 11.5. The number of aryl methyl sites for hydroxylation is 2. The minimum Gasteiger partial charge on any atom is -0.469 e. The maximum atomic E-state index is 12.6. The molecule has 1 atom stereocenters. The molecule has 0 aliphatic rings. The molecule has 0 unspecified atom stereocenters. The Bertz CT molecular complexity index is 705. The van der Waals surface area contributed by atoms with E-state index in [0.29, 0.717) is 17.0 Å². The maximum Gasteiger partial charge on any atom is 0.307 e. The Kier molecular flexibility index (Phi) is 6.03. The zero-order valence-corrected chi connectivity index (χ0v) is 14.9. The predicted molar refractivity (Wildman–Crippen MR) is 91.0 cm³/mol. The third kappa shape index (κ3) is 4.17. The average Bonchev–Trinajstić information content (AvgIpc) is 2.92. The summed E-state index contributed by atoms with van der Waals surface area (Å²) < 4.78 is 9.77. The number of carbonyl (C=O) groups excluding carboxylic acids is 2. The Morgan fingerprint density at radius 1 is 1.29 bits per heavy atom. The molecule has 24 heavy (non-hydrogen) atoms. The van der Waals surface area contributed by atoms with Crippen molar-refractivity contribution < 1.29 is 18.8 Å². The lowest BCUT2D eigenvalue weighted by Crippen LogP contribution is -2.31.